The van der Waals surface area contributed by atoms with Crippen LogP contribution in [0.15, 0.2) is 37.6 Å². The van der Waals surface area contributed by atoms with Crippen molar-refractivity contribution in [3.63, 3.8) is 0 Å². The molecule has 0 atom stereocenters. The number of carbonyl (C=O) groups excluding carboxylic acids is 1. The van der Waals surface area contributed by atoms with Crippen LogP contribution in [0.3, 0.4) is 0 Å². The van der Waals surface area contributed by atoms with Crippen LogP contribution in [0.5, 0.6) is 5.75 Å². The van der Waals surface area contributed by atoms with Gasteiger partial charge in [0, 0.05) is 34.2 Å². The summed E-state index contributed by atoms with van der Waals surface area (Å²) in [6.07, 6.45) is 0.598. The first kappa shape index (κ1) is 17.9. The van der Waals surface area contributed by atoms with E-state index in [9.17, 15) is 19.5 Å². The van der Waals surface area contributed by atoms with E-state index in [4.69, 9.17) is 9.15 Å². The first-order chi connectivity index (χ1) is 12.4. The summed E-state index contributed by atoms with van der Waals surface area (Å²) in [5, 5.41) is 12.2. The standard InChI is InChI=1S/C18H17NO6S/c1-3-11-4-13-12(5-16(21)25-15(13)6-14(11)20)8-24-17(22)7-19-10(2)9-26-18(19)23/h4-6,9,20H,3,7-8H2,1-2H3. The number of hydrogen-bond acceptors (Lipinski definition) is 7. The van der Waals surface area contributed by atoms with Gasteiger partial charge in [-0.1, -0.05) is 18.3 Å². The van der Waals surface area contributed by atoms with E-state index in [0.29, 0.717) is 28.6 Å². The van der Waals surface area contributed by atoms with Crippen molar-refractivity contribution >= 4 is 28.3 Å². The van der Waals surface area contributed by atoms with E-state index in [2.05, 4.69) is 0 Å². The van der Waals surface area contributed by atoms with Crippen LogP contribution in [-0.4, -0.2) is 15.6 Å². The van der Waals surface area contributed by atoms with Crippen LogP contribution in [0.2, 0.25) is 0 Å². The number of nitrogens with zero attached hydrogens (tertiary/aromatic N) is 1. The maximum absolute atomic E-state index is 12.1. The lowest BCUT2D eigenvalue weighted by molar-refractivity contribution is -0.145. The molecule has 2 aromatic heterocycles. The lowest BCUT2D eigenvalue weighted by Crippen LogP contribution is -2.22. The third-order valence-corrected chi connectivity index (χ3v) is 4.94. The Kier molecular flexibility index (Phi) is 4.94. The van der Waals surface area contributed by atoms with Crippen LogP contribution in [0.25, 0.3) is 11.0 Å². The summed E-state index contributed by atoms with van der Waals surface area (Å²) in [6.45, 7) is 3.31. The van der Waals surface area contributed by atoms with Gasteiger partial charge < -0.3 is 14.3 Å². The van der Waals surface area contributed by atoms with Crippen LogP contribution < -0.4 is 10.5 Å². The Labute approximate surface area is 152 Å². The fourth-order valence-corrected chi connectivity index (χ4v) is 3.37. The van der Waals surface area contributed by atoms with Crippen molar-refractivity contribution in [1.82, 2.24) is 4.57 Å². The highest BCUT2D eigenvalue weighted by Crippen LogP contribution is 2.27. The summed E-state index contributed by atoms with van der Waals surface area (Å²) >= 11 is 1.02. The molecule has 3 rings (SSSR count). The molecule has 3 aromatic rings. The molecule has 1 aromatic carbocycles. The van der Waals surface area contributed by atoms with E-state index >= 15 is 0 Å². The van der Waals surface area contributed by atoms with Crippen molar-refractivity contribution in [3.05, 3.63) is 60.5 Å². The monoisotopic (exact) mass is 375 g/mol. The van der Waals surface area contributed by atoms with E-state index in [0.717, 1.165) is 11.3 Å². The van der Waals surface area contributed by atoms with E-state index in [1.54, 1.807) is 18.4 Å². The summed E-state index contributed by atoms with van der Waals surface area (Å²) in [6, 6.07) is 4.35. The average molecular weight is 375 g/mol. The van der Waals surface area contributed by atoms with Gasteiger partial charge in [0.05, 0.1) is 0 Å². The first-order valence-corrected chi connectivity index (χ1v) is 8.86. The Morgan fingerprint density at radius 3 is 2.69 bits per heavy atom. The van der Waals surface area contributed by atoms with Gasteiger partial charge in [-0.25, -0.2) is 4.79 Å². The van der Waals surface area contributed by atoms with Crippen LogP contribution in [-0.2, 0) is 29.1 Å². The molecule has 2 heterocycles. The number of fused-ring (bicyclic) bond motifs is 1. The number of hydrogen-bond donors (Lipinski definition) is 1. The summed E-state index contributed by atoms with van der Waals surface area (Å²) in [4.78, 5) is 35.2. The molecule has 0 unspecified atom stereocenters. The number of aromatic nitrogens is 1. The highest BCUT2D eigenvalue weighted by molar-refractivity contribution is 7.07. The van der Waals surface area contributed by atoms with Crippen LogP contribution in [0.4, 0.5) is 0 Å². The van der Waals surface area contributed by atoms with Gasteiger partial charge in [-0.3, -0.25) is 14.2 Å². The third kappa shape index (κ3) is 3.55. The molecule has 1 N–H and O–H groups in total. The van der Waals surface area contributed by atoms with Crippen molar-refractivity contribution in [2.75, 3.05) is 0 Å². The number of phenols is 1. The molecule has 0 aliphatic rings. The van der Waals surface area contributed by atoms with Crippen LogP contribution in [0, 0.1) is 6.92 Å². The minimum atomic E-state index is -0.600. The highest BCUT2D eigenvalue weighted by atomic mass is 32.1. The molecule has 8 heteroatoms. The van der Waals surface area contributed by atoms with E-state index in [1.807, 2.05) is 6.92 Å². The van der Waals surface area contributed by atoms with E-state index in [1.165, 1.54) is 16.7 Å². The minimum Gasteiger partial charge on any atom is -0.508 e. The van der Waals surface area contributed by atoms with Crippen LogP contribution in [0.1, 0.15) is 23.7 Å². The van der Waals surface area contributed by atoms with Gasteiger partial charge in [0.1, 0.15) is 24.5 Å². The molecule has 0 bridgehead atoms. The number of esters is 1. The molecule has 0 saturated heterocycles. The van der Waals surface area contributed by atoms with Crippen LogP contribution >= 0.6 is 11.3 Å². The molecule has 0 radical (unpaired) electrons. The molecule has 0 aliphatic heterocycles. The van der Waals surface area contributed by atoms with Crippen molar-refractivity contribution in [2.24, 2.45) is 0 Å². The Hall–Kier alpha value is -2.87. The molecule has 0 aliphatic carbocycles. The van der Waals surface area contributed by atoms with Gasteiger partial charge in [-0.2, -0.15) is 0 Å². The molecule has 136 valence electrons. The molecule has 0 spiro atoms. The van der Waals surface area contributed by atoms with Gasteiger partial charge in [-0.05, 0) is 25.0 Å². The summed E-state index contributed by atoms with van der Waals surface area (Å²) < 4.78 is 11.7. The molecule has 0 amide bonds. The number of rotatable bonds is 5. The second-order valence-electron chi connectivity index (χ2n) is 5.81. The Bertz CT molecular complexity index is 1090. The molecule has 0 saturated carbocycles. The summed E-state index contributed by atoms with van der Waals surface area (Å²) in [5.74, 6) is -0.533. The first-order valence-electron chi connectivity index (χ1n) is 7.98. The fraction of sp³-hybridized carbons (Fsp3) is 0.278. The number of phenolic OH excluding ortho intramolecular Hbond substituents is 1. The topological polar surface area (TPSA) is 98.7 Å². The normalized spacial score (nSPS) is 11.0. The maximum atomic E-state index is 12.1. The summed E-state index contributed by atoms with van der Waals surface area (Å²) in [7, 11) is 0. The van der Waals surface area contributed by atoms with Gasteiger partial charge in [0.15, 0.2) is 0 Å². The predicted molar refractivity (Wildman–Crippen MR) is 96.6 cm³/mol. The maximum Gasteiger partial charge on any atom is 0.336 e. The van der Waals surface area contributed by atoms with Gasteiger partial charge >= 0.3 is 16.5 Å². The average Bonchev–Trinajstić information content (AvgIpc) is 2.91. The quantitative estimate of drug-likeness (QED) is 0.543. The lowest BCUT2D eigenvalue weighted by atomic mass is 10.0. The van der Waals surface area contributed by atoms with Crippen molar-refractivity contribution in [3.8, 4) is 5.75 Å². The largest absolute Gasteiger partial charge is 0.508 e. The zero-order valence-electron chi connectivity index (χ0n) is 14.3. The van der Waals surface area contributed by atoms with Crippen molar-refractivity contribution in [1.29, 1.82) is 0 Å². The zero-order chi connectivity index (χ0) is 18.8. The highest BCUT2D eigenvalue weighted by Gasteiger charge is 2.13. The Morgan fingerprint density at radius 2 is 2.04 bits per heavy atom. The fourth-order valence-electron chi connectivity index (χ4n) is 2.64. The van der Waals surface area contributed by atoms with Gasteiger partial charge in [0.2, 0.25) is 0 Å². The number of aryl methyl sites for hydroxylation is 2. The third-order valence-electron chi connectivity index (χ3n) is 4.06. The number of carbonyl (C=O) groups is 1. The SMILES string of the molecule is CCc1cc2c(COC(=O)Cn3c(C)csc3=O)cc(=O)oc2cc1O. The van der Waals surface area contributed by atoms with Gasteiger partial charge in [-0.15, -0.1) is 0 Å². The molecular weight excluding hydrogens is 358 g/mol. The molecule has 26 heavy (non-hydrogen) atoms. The molecule has 7 nitrogen and oxygen atoms in total. The van der Waals surface area contributed by atoms with Gasteiger partial charge in [0.25, 0.3) is 0 Å². The van der Waals surface area contributed by atoms with E-state index in [-0.39, 0.29) is 29.4 Å². The molecular formula is C18H17NO6S. The minimum absolute atomic E-state index is 0.0459. The number of ether oxygens (including phenoxy) is 1. The lowest BCUT2D eigenvalue weighted by Gasteiger charge is -2.10. The predicted octanol–water partition coefficient (Wildman–Crippen LogP) is 2.34. The zero-order valence-corrected chi connectivity index (χ0v) is 15.1. The second-order valence-corrected chi connectivity index (χ2v) is 6.63. The van der Waals surface area contributed by atoms with Crippen molar-refractivity contribution < 1.29 is 19.1 Å². The second kappa shape index (κ2) is 7.17. The Balaban J connectivity index is 1.85. The number of aromatic hydroxyl groups is 1. The smallest absolute Gasteiger partial charge is 0.336 e. The van der Waals surface area contributed by atoms with Crippen molar-refractivity contribution in [2.45, 2.75) is 33.4 Å². The summed E-state index contributed by atoms with van der Waals surface area (Å²) in [5.41, 5.74) is 1.49. The number of benzene rings is 1. The number of thiazole rings is 1. The molecule has 0 fully saturated rings. The Morgan fingerprint density at radius 1 is 1.27 bits per heavy atom. The van der Waals surface area contributed by atoms with E-state index < -0.39 is 11.6 Å².